The largest absolute Gasteiger partial charge is 0.424 e. The van der Waals surface area contributed by atoms with Gasteiger partial charge in [0, 0.05) is 26.9 Å². The summed E-state index contributed by atoms with van der Waals surface area (Å²) in [6.45, 7) is 4.48. The Labute approximate surface area is 128 Å². The van der Waals surface area contributed by atoms with Crippen LogP contribution in [-0.4, -0.2) is 49.0 Å². The predicted octanol–water partition coefficient (Wildman–Crippen LogP) is 1.04. The number of rotatable bonds is 3. The number of esters is 1. The van der Waals surface area contributed by atoms with Gasteiger partial charge in [-0.25, -0.2) is 0 Å². The Kier molecular flexibility index (Phi) is 5.11. The van der Waals surface area contributed by atoms with Crippen LogP contribution in [0.25, 0.3) is 0 Å². The van der Waals surface area contributed by atoms with Gasteiger partial charge in [-0.2, -0.15) is 0 Å². The molecule has 0 unspecified atom stereocenters. The average Bonchev–Trinajstić information content (AvgIpc) is 2.48. The van der Waals surface area contributed by atoms with E-state index in [0.717, 1.165) is 0 Å². The summed E-state index contributed by atoms with van der Waals surface area (Å²) in [6, 6.07) is 4.78. The Morgan fingerprint density at radius 1 is 1.18 bits per heavy atom. The van der Waals surface area contributed by atoms with Gasteiger partial charge in [0.15, 0.2) is 5.75 Å². The summed E-state index contributed by atoms with van der Waals surface area (Å²) in [5.74, 6) is -1.06. The van der Waals surface area contributed by atoms with Gasteiger partial charge in [0.25, 0.3) is 5.91 Å². The van der Waals surface area contributed by atoms with E-state index in [9.17, 15) is 14.4 Å². The summed E-state index contributed by atoms with van der Waals surface area (Å²) >= 11 is 0. The van der Waals surface area contributed by atoms with Crippen LogP contribution in [0.1, 0.15) is 24.2 Å². The zero-order valence-electron chi connectivity index (χ0n) is 12.5. The molecule has 7 nitrogen and oxygen atoms in total. The molecule has 0 bridgehead atoms. The monoisotopic (exact) mass is 306 g/mol. The van der Waals surface area contributed by atoms with Crippen molar-refractivity contribution in [2.24, 2.45) is 0 Å². The number of hydrogen-bond donors (Lipinski definition) is 1. The van der Waals surface area contributed by atoms with Gasteiger partial charge in [-0.1, -0.05) is 6.07 Å². The first-order valence-electron chi connectivity index (χ1n) is 6.95. The van der Waals surface area contributed by atoms with E-state index < -0.39 is 5.97 Å². The molecule has 1 fully saturated rings. The number of benzene rings is 1. The summed E-state index contributed by atoms with van der Waals surface area (Å²) in [5, 5.41) is 2.57. The predicted molar refractivity (Wildman–Crippen MR) is 78.8 cm³/mol. The Morgan fingerprint density at radius 2 is 1.86 bits per heavy atom. The fraction of sp³-hybridized carbons (Fsp3) is 0.400. The molecule has 118 valence electrons. The number of carbonyl (C=O) groups is 3. The lowest BCUT2D eigenvalue weighted by atomic mass is 10.1. The number of amides is 2. The highest BCUT2D eigenvalue weighted by Gasteiger charge is 2.24. The van der Waals surface area contributed by atoms with Crippen molar-refractivity contribution in [1.82, 2.24) is 4.90 Å². The highest BCUT2D eigenvalue weighted by Crippen LogP contribution is 2.30. The van der Waals surface area contributed by atoms with E-state index in [1.165, 1.54) is 13.8 Å². The third-order valence-corrected chi connectivity index (χ3v) is 3.10. The molecule has 0 saturated carbocycles. The van der Waals surface area contributed by atoms with Gasteiger partial charge < -0.3 is 19.7 Å². The zero-order valence-corrected chi connectivity index (χ0v) is 12.5. The number of nitrogens with zero attached hydrogens (tertiary/aromatic N) is 1. The molecule has 0 aliphatic carbocycles. The van der Waals surface area contributed by atoms with Crippen LogP contribution < -0.4 is 10.1 Å². The van der Waals surface area contributed by atoms with Crippen LogP contribution in [0.5, 0.6) is 5.75 Å². The molecule has 1 aliphatic rings. The standard InChI is InChI=1S/C15H18N2O5/c1-10(18)16-13-5-3-4-12(14(13)22-11(2)19)15(20)17-6-8-21-9-7-17/h3-5H,6-9H2,1-2H3,(H,16,18). The molecular weight excluding hydrogens is 288 g/mol. The van der Waals surface area contributed by atoms with Gasteiger partial charge in [-0.15, -0.1) is 0 Å². The number of para-hydroxylation sites is 1. The molecule has 0 radical (unpaired) electrons. The van der Waals surface area contributed by atoms with Crippen LogP contribution in [0.3, 0.4) is 0 Å². The fourth-order valence-electron chi connectivity index (χ4n) is 2.18. The van der Waals surface area contributed by atoms with Crippen LogP contribution in [-0.2, 0) is 14.3 Å². The number of nitrogens with one attached hydrogen (secondary N) is 1. The minimum absolute atomic E-state index is 0.0710. The normalized spacial score (nSPS) is 14.4. The number of morpholine rings is 1. The van der Waals surface area contributed by atoms with Crippen LogP contribution in [0.15, 0.2) is 18.2 Å². The quantitative estimate of drug-likeness (QED) is 0.666. The average molecular weight is 306 g/mol. The summed E-state index contributed by atoms with van der Waals surface area (Å²) in [4.78, 5) is 36.8. The summed E-state index contributed by atoms with van der Waals surface area (Å²) in [7, 11) is 0. The third kappa shape index (κ3) is 3.82. The molecule has 1 aromatic rings. The van der Waals surface area contributed by atoms with Gasteiger partial charge >= 0.3 is 5.97 Å². The lowest BCUT2D eigenvalue weighted by Gasteiger charge is -2.27. The van der Waals surface area contributed by atoms with E-state index in [4.69, 9.17) is 9.47 Å². The van der Waals surface area contributed by atoms with Crippen LogP contribution in [0.2, 0.25) is 0 Å². The third-order valence-electron chi connectivity index (χ3n) is 3.10. The molecule has 1 saturated heterocycles. The first kappa shape index (κ1) is 16.0. The summed E-state index contributed by atoms with van der Waals surface area (Å²) in [5.41, 5.74) is 0.533. The minimum Gasteiger partial charge on any atom is -0.424 e. The summed E-state index contributed by atoms with van der Waals surface area (Å²) < 4.78 is 10.4. The Morgan fingerprint density at radius 3 is 2.45 bits per heavy atom. The van der Waals surface area contributed by atoms with E-state index in [2.05, 4.69) is 5.32 Å². The number of hydrogen-bond acceptors (Lipinski definition) is 5. The molecule has 1 aliphatic heterocycles. The molecular formula is C15H18N2O5. The van der Waals surface area contributed by atoms with Crippen molar-refractivity contribution in [2.75, 3.05) is 31.6 Å². The van der Waals surface area contributed by atoms with Crippen molar-refractivity contribution in [3.63, 3.8) is 0 Å². The minimum atomic E-state index is -0.561. The smallest absolute Gasteiger partial charge is 0.308 e. The van der Waals surface area contributed by atoms with Gasteiger partial charge in [-0.05, 0) is 12.1 Å². The van der Waals surface area contributed by atoms with Crippen LogP contribution >= 0.6 is 0 Å². The topological polar surface area (TPSA) is 84.9 Å². The van der Waals surface area contributed by atoms with Crippen molar-refractivity contribution < 1.29 is 23.9 Å². The van der Waals surface area contributed by atoms with Gasteiger partial charge in [0.05, 0.1) is 24.5 Å². The van der Waals surface area contributed by atoms with Crippen LogP contribution in [0, 0.1) is 0 Å². The first-order valence-corrected chi connectivity index (χ1v) is 6.95. The maximum absolute atomic E-state index is 12.6. The molecule has 22 heavy (non-hydrogen) atoms. The molecule has 2 rings (SSSR count). The Hall–Kier alpha value is -2.41. The van der Waals surface area contributed by atoms with E-state index >= 15 is 0 Å². The first-order chi connectivity index (χ1) is 10.5. The lowest BCUT2D eigenvalue weighted by molar-refractivity contribution is -0.132. The van der Waals surface area contributed by atoms with Gasteiger partial charge in [-0.3, -0.25) is 14.4 Å². The molecule has 0 spiro atoms. The van der Waals surface area contributed by atoms with Crippen molar-refractivity contribution in [1.29, 1.82) is 0 Å². The maximum Gasteiger partial charge on any atom is 0.308 e. The number of ether oxygens (including phenoxy) is 2. The highest BCUT2D eigenvalue weighted by molar-refractivity contribution is 6.01. The molecule has 1 N–H and O–H groups in total. The number of carbonyl (C=O) groups excluding carboxylic acids is 3. The SMILES string of the molecule is CC(=O)Nc1cccc(C(=O)N2CCOCC2)c1OC(C)=O. The zero-order chi connectivity index (χ0) is 16.1. The molecule has 1 aromatic carbocycles. The second-order valence-corrected chi connectivity index (χ2v) is 4.86. The van der Waals surface area contributed by atoms with Crippen LogP contribution in [0.4, 0.5) is 5.69 Å². The van der Waals surface area contributed by atoms with E-state index in [-0.39, 0.29) is 23.1 Å². The molecule has 7 heteroatoms. The van der Waals surface area contributed by atoms with Crippen molar-refractivity contribution >= 4 is 23.5 Å². The van der Waals surface area contributed by atoms with Crippen molar-refractivity contribution in [2.45, 2.75) is 13.8 Å². The highest BCUT2D eigenvalue weighted by atomic mass is 16.5. The van der Waals surface area contributed by atoms with E-state index in [0.29, 0.717) is 32.0 Å². The van der Waals surface area contributed by atoms with Crippen molar-refractivity contribution in [3.8, 4) is 5.75 Å². The second kappa shape index (κ2) is 7.04. The second-order valence-electron chi connectivity index (χ2n) is 4.86. The Bertz CT molecular complexity index is 594. The maximum atomic E-state index is 12.6. The lowest BCUT2D eigenvalue weighted by Crippen LogP contribution is -2.40. The van der Waals surface area contributed by atoms with E-state index in [1.807, 2.05) is 0 Å². The molecule has 0 atom stereocenters. The molecule has 2 amide bonds. The van der Waals surface area contributed by atoms with E-state index in [1.54, 1.807) is 23.1 Å². The number of anilines is 1. The Balaban J connectivity index is 2.37. The molecule has 0 aromatic heterocycles. The molecule has 1 heterocycles. The van der Waals surface area contributed by atoms with Crippen molar-refractivity contribution in [3.05, 3.63) is 23.8 Å². The fourth-order valence-corrected chi connectivity index (χ4v) is 2.18. The van der Waals surface area contributed by atoms with Gasteiger partial charge in [0.1, 0.15) is 0 Å². The summed E-state index contributed by atoms with van der Waals surface area (Å²) in [6.07, 6.45) is 0. The van der Waals surface area contributed by atoms with Gasteiger partial charge in [0.2, 0.25) is 5.91 Å².